The maximum Gasteiger partial charge on any atom is 0.0239 e. The molecule has 0 spiro atoms. The Morgan fingerprint density at radius 3 is 1.01 bits per heavy atom. The first-order chi connectivity index (χ1) is 49.9. The van der Waals surface area contributed by atoms with Crippen molar-refractivity contribution in [3.8, 4) is 0 Å². The molecule has 3 N–H and O–H groups in total. The van der Waals surface area contributed by atoms with Gasteiger partial charge in [0.1, 0.15) is 0 Å². The molecule has 22 rings (SSSR count). The van der Waals surface area contributed by atoms with Crippen LogP contribution in [-0.2, 0) is 0 Å². The quantitative estimate of drug-likeness (QED) is 0.206. The minimum Gasteiger partial charge on any atom is -0.314 e. The van der Waals surface area contributed by atoms with E-state index in [0.29, 0.717) is 0 Å². The number of likely N-dealkylation sites (tertiary alicyclic amines) is 3. The van der Waals surface area contributed by atoms with Gasteiger partial charge in [0.25, 0.3) is 0 Å². The molecule has 0 amide bonds. The van der Waals surface area contributed by atoms with Crippen LogP contribution in [0, 0.1) is 41.4 Å². The highest BCUT2D eigenvalue weighted by molar-refractivity contribution is 5.01. The van der Waals surface area contributed by atoms with Crippen molar-refractivity contribution in [2.45, 2.75) is 476 Å². The third-order valence-electron chi connectivity index (χ3n) is 31.2. The number of nitrogens with zero attached hydrogens (tertiary/aromatic N) is 9. The SMILES string of the molecule is CC(C)N1C2CCC1CNC2.CC(C)N1C2CCCC1CC2.CC(C)N1C2CCCCC1CC2.CC(C)N1CC2CC1CN2.CC(C)N1CC2CC3CC(C2)CC1C3.CC(C)N1CC2CCC(C1)N2.CC(C)N1CC2CCC(CC2)C1.CC(C)N1CC2CCCC1C2.CC(C)N1CC2CCCC1CC2. The predicted octanol–water partition coefficient (Wildman–Crippen LogP) is 17.7. The summed E-state index contributed by atoms with van der Waals surface area (Å²) in [4.78, 5) is 24.4. The van der Waals surface area contributed by atoms with Crippen LogP contribution in [-0.4, -0.2) is 249 Å². The molecule has 5 aliphatic carbocycles. The maximum atomic E-state index is 3.63. The molecule has 5 saturated carbocycles. The van der Waals surface area contributed by atoms with Gasteiger partial charge >= 0.3 is 0 Å². The van der Waals surface area contributed by atoms with Crippen LogP contribution in [0.1, 0.15) is 343 Å². The molecule has 604 valence electrons. The van der Waals surface area contributed by atoms with Gasteiger partial charge in [0.15, 0.2) is 0 Å². The van der Waals surface area contributed by atoms with Crippen LogP contribution in [0.5, 0.6) is 0 Å². The fraction of sp³-hybridized carbons (Fsp3) is 1.00. The molecule has 17 aliphatic heterocycles. The first-order valence-electron chi connectivity index (χ1n) is 46.9. The Bertz CT molecular complexity index is 2270. The summed E-state index contributed by atoms with van der Waals surface area (Å²) in [6.45, 7) is 56.5. The third kappa shape index (κ3) is 23.1. The molecule has 16 unspecified atom stereocenters. The molecule has 0 radical (unpaired) electrons. The Labute approximate surface area is 645 Å². The van der Waals surface area contributed by atoms with E-state index >= 15 is 0 Å². The van der Waals surface area contributed by atoms with Crippen LogP contribution in [0.15, 0.2) is 0 Å². The number of hydrogen-bond donors (Lipinski definition) is 3. The fourth-order valence-corrected chi connectivity index (χ4v) is 26.3. The molecule has 12 nitrogen and oxygen atoms in total. The molecule has 17 saturated heterocycles. The van der Waals surface area contributed by atoms with Crippen LogP contribution >= 0.6 is 0 Å². The zero-order valence-electron chi connectivity index (χ0n) is 72.1. The summed E-state index contributed by atoms with van der Waals surface area (Å²) >= 11 is 0. The molecule has 12 heteroatoms. The number of fused-ring (bicyclic) bond motifs is 21. The summed E-state index contributed by atoms with van der Waals surface area (Å²) in [5.41, 5.74) is 0. The molecular weight excluding hydrogens is 1270 g/mol. The number of piperazine rings is 3. The highest BCUT2D eigenvalue weighted by Crippen LogP contribution is 2.48. The highest BCUT2D eigenvalue weighted by atomic mass is 15.3. The van der Waals surface area contributed by atoms with Gasteiger partial charge in [-0.25, -0.2) is 0 Å². The summed E-state index contributed by atoms with van der Waals surface area (Å²) in [7, 11) is 0. The number of hydrogen-bond acceptors (Lipinski definition) is 12. The van der Waals surface area contributed by atoms with Gasteiger partial charge in [0.05, 0.1) is 0 Å². The molecule has 22 aliphatic rings. The fourth-order valence-electron chi connectivity index (χ4n) is 26.3. The van der Waals surface area contributed by atoms with Gasteiger partial charge in [-0.15, -0.1) is 0 Å². The van der Waals surface area contributed by atoms with Gasteiger partial charge in [-0.05, 0) is 352 Å². The minimum absolute atomic E-state index is 0.736. The second-order valence-corrected chi connectivity index (χ2v) is 41.6. The van der Waals surface area contributed by atoms with Crippen molar-refractivity contribution in [1.29, 1.82) is 0 Å². The minimum atomic E-state index is 0.736. The largest absolute Gasteiger partial charge is 0.314 e. The van der Waals surface area contributed by atoms with E-state index in [0.717, 1.165) is 174 Å². The zero-order chi connectivity index (χ0) is 73.9. The molecule has 104 heavy (non-hydrogen) atoms. The van der Waals surface area contributed by atoms with Crippen LogP contribution in [0.3, 0.4) is 0 Å². The molecule has 20 bridgehead atoms. The summed E-state index contributed by atoms with van der Waals surface area (Å²) in [5.74, 6) is 7.40. The molecular formula is C92H176N12. The van der Waals surface area contributed by atoms with Crippen molar-refractivity contribution in [3.05, 3.63) is 0 Å². The Kier molecular flexibility index (Phi) is 32.9. The van der Waals surface area contributed by atoms with Crippen LogP contribution < -0.4 is 16.0 Å². The van der Waals surface area contributed by atoms with Gasteiger partial charge in [-0.1, -0.05) is 32.1 Å². The standard InChI is InChI=1S/C13H23N.3C11H21N.2C10H19N.2C9H18N2.C8H16N2/c1-9(2)14-8-12-4-10-3-11(5-12)7-13(14)6-10;1-9(2)12-7-10-3-4-11(8-12)6-5-10;1-9(2)12-8-10-4-3-5-11(12)7-6-10;1-9(2)12-10-5-3-4-6-11(12)8-7-10;1-8(2)11-7-9-4-3-5-10(11)6-9;1-8(2)11-9-4-3-5-10(11)7-6-9;1-7(2)11-5-8-3-4-9(6-11)10-8;1-7(2)11-8-3-4-9(11)6-10-5-8;1-6(2)10-5-7-3-8(10)4-9-7/h9-13H,3-8H2,1-2H3;3*9-11H,3-8H2,1-2H3;2*8-10H,3-7H2,1-2H3;2*7-10H,3-6H2,1-2H3;6-9H,3-5H2,1-2H3. The molecule has 0 aromatic carbocycles. The summed E-state index contributed by atoms with van der Waals surface area (Å²) < 4.78 is 0. The van der Waals surface area contributed by atoms with E-state index < -0.39 is 0 Å². The predicted molar refractivity (Wildman–Crippen MR) is 446 cm³/mol. The van der Waals surface area contributed by atoms with E-state index in [-0.39, 0.29) is 0 Å². The molecule has 0 aromatic heterocycles. The van der Waals surface area contributed by atoms with E-state index in [1.807, 2.05) is 0 Å². The number of piperidine rings is 2. The first-order valence-corrected chi connectivity index (χ1v) is 46.9. The second-order valence-electron chi connectivity index (χ2n) is 41.6. The Morgan fingerprint density at radius 1 is 0.212 bits per heavy atom. The summed E-state index contributed by atoms with van der Waals surface area (Å²) in [6.07, 6.45) is 50.3. The maximum absolute atomic E-state index is 3.63. The molecule has 0 aromatic rings. The average Bonchev–Trinajstić information content (AvgIpc) is 1.64. The Balaban J connectivity index is 0.000000117. The molecule has 16 atom stereocenters. The third-order valence-corrected chi connectivity index (χ3v) is 31.2. The summed E-state index contributed by atoms with van der Waals surface area (Å²) in [5, 5.41) is 10.6. The Morgan fingerprint density at radius 2 is 0.567 bits per heavy atom. The van der Waals surface area contributed by atoms with E-state index in [1.54, 1.807) is 19.3 Å². The van der Waals surface area contributed by atoms with Gasteiger partial charge in [-0.3, -0.25) is 39.2 Å². The lowest BCUT2D eigenvalue weighted by Gasteiger charge is -2.40. The van der Waals surface area contributed by atoms with Crippen molar-refractivity contribution in [1.82, 2.24) is 60.0 Å². The second kappa shape index (κ2) is 40.5. The van der Waals surface area contributed by atoms with Gasteiger partial charge in [-0.2, -0.15) is 0 Å². The van der Waals surface area contributed by atoms with E-state index in [2.05, 4.69) is 185 Å². The topological polar surface area (TPSA) is 65.3 Å². The van der Waals surface area contributed by atoms with Crippen LogP contribution in [0.4, 0.5) is 0 Å². The van der Waals surface area contributed by atoms with E-state index in [9.17, 15) is 0 Å². The number of nitrogens with one attached hydrogen (secondary N) is 3. The zero-order valence-corrected chi connectivity index (χ0v) is 72.1. The number of rotatable bonds is 9. The van der Waals surface area contributed by atoms with Gasteiger partial charge < -0.3 is 20.9 Å². The van der Waals surface area contributed by atoms with E-state index in [4.69, 9.17) is 0 Å². The summed E-state index contributed by atoms with van der Waals surface area (Å²) in [6, 6.07) is 18.5. The van der Waals surface area contributed by atoms with Gasteiger partial charge in [0.2, 0.25) is 0 Å². The van der Waals surface area contributed by atoms with Crippen LogP contribution in [0.25, 0.3) is 0 Å². The average molecular weight is 1450 g/mol. The lowest BCUT2D eigenvalue weighted by Crippen LogP contribution is -2.54. The Hall–Kier alpha value is -0.480. The first kappa shape index (κ1) is 84.4. The van der Waals surface area contributed by atoms with Gasteiger partial charge in [0, 0.05) is 205 Å². The molecule has 22 fully saturated rings. The van der Waals surface area contributed by atoms with E-state index in [1.165, 1.54) is 271 Å². The smallest absolute Gasteiger partial charge is 0.0239 e. The lowest BCUT2D eigenvalue weighted by atomic mass is 9.68. The van der Waals surface area contributed by atoms with Crippen molar-refractivity contribution in [2.24, 2.45) is 41.4 Å². The van der Waals surface area contributed by atoms with Crippen molar-refractivity contribution < 1.29 is 0 Å². The van der Waals surface area contributed by atoms with Crippen LogP contribution in [0.2, 0.25) is 0 Å². The lowest BCUT2D eigenvalue weighted by molar-refractivity contribution is 0.0914. The molecule has 17 heterocycles. The monoisotopic (exact) mass is 1450 g/mol. The van der Waals surface area contributed by atoms with Crippen molar-refractivity contribution in [3.63, 3.8) is 0 Å². The normalized spacial score (nSPS) is 39.4. The highest BCUT2D eigenvalue weighted by Gasteiger charge is 2.45. The van der Waals surface area contributed by atoms with Crippen molar-refractivity contribution in [2.75, 3.05) is 72.0 Å². The van der Waals surface area contributed by atoms with Crippen molar-refractivity contribution >= 4 is 0 Å².